The van der Waals surface area contributed by atoms with E-state index in [1.54, 1.807) is 0 Å². The fourth-order valence-electron chi connectivity index (χ4n) is 0. The topological polar surface area (TPSA) is 241 Å². The first-order chi connectivity index (χ1) is 6.00. The molecule has 0 atom stereocenters. The molecule has 0 aromatic rings. The molecule has 0 bridgehead atoms. The molecule has 0 aliphatic carbocycles. The van der Waals surface area contributed by atoms with Crippen LogP contribution in [-0.2, 0) is 51.3 Å². The van der Waals surface area contributed by atoms with Crippen molar-refractivity contribution in [1.82, 2.24) is 0 Å². The van der Waals surface area contributed by atoms with Crippen molar-refractivity contribution in [2.24, 2.45) is 0 Å². The average molecular weight is 746 g/mol. The van der Waals surface area contributed by atoms with E-state index >= 15 is 0 Å². The maximum atomic E-state index is 8.52. The largest absolute Gasteiger partial charge is 1.00 e. The summed E-state index contributed by atoms with van der Waals surface area (Å²) in [5.41, 5.74) is 0. The van der Waals surface area contributed by atoms with E-state index in [0.29, 0.717) is 0 Å². The van der Waals surface area contributed by atoms with Gasteiger partial charge in [-0.3, -0.25) is 25.3 Å². The Balaban J connectivity index is -0.0000000277. The second-order valence-electron chi connectivity index (χ2n) is 1.22. The van der Waals surface area contributed by atoms with Crippen molar-refractivity contribution in [3.63, 3.8) is 0 Å². The molecule has 0 heterocycles. The van der Waals surface area contributed by atoms with Crippen LogP contribution in [0.2, 0.25) is 0 Å². The van der Waals surface area contributed by atoms with Gasteiger partial charge in [-0.05, 0) is 0 Å². The van der Waals surface area contributed by atoms with Gasteiger partial charge in [0.25, 0.3) is 0 Å². The summed E-state index contributed by atoms with van der Waals surface area (Å²) in [5.74, 6) is 0. The van der Waals surface area contributed by atoms with Crippen LogP contribution in [-0.4, -0.2) is 52.6 Å². The summed E-state index contributed by atoms with van der Waals surface area (Å²) in [4.78, 5) is 0. The molecule has 1 radical (unpaired) electrons. The molecule has 0 aromatic heterocycles. The normalized spacial score (nSPS) is 9.67. The Hall–Kier alpha value is 4.36. The minimum atomic E-state index is -5.17. The van der Waals surface area contributed by atoms with E-state index in [2.05, 4.69) is 0 Å². The van der Waals surface area contributed by atoms with E-state index in [4.69, 9.17) is 52.6 Å². The smallest absolute Gasteiger partial charge is 0.759 e. The summed E-state index contributed by atoms with van der Waals surface area (Å²) in [6, 6.07) is 0. The summed E-state index contributed by atoms with van der Waals surface area (Å²) in [6.45, 7) is 0. The van der Waals surface area contributed by atoms with Gasteiger partial charge in [0, 0.05) is 51.3 Å². The van der Waals surface area contributed by atoms with E-state index in [1.807, 2.05) is 0 Å². The second-order valence-corrected chi connectivity index (χ2v) is 3.67. The molecule has 0 N–H and O–H groups in total. The molecule has 0 aliphatic heterocycles. The molecule has 12 nitrogen and oxygen atoms in total. The fourth-order valence-corrected chi connectivity index (χ4v) is 0. The Labute approximate surface area is 234 Å². The molecule has 0 amide bonds. The molecular formula is Cs2IrO12S3-4. The van der Waals surface area contributed by atoms with Gasteiger partial charge in [0.15, 0.2) is 0 Å². The zero-order valence-corrected chi connectivity index (χ0v) is 25.9. The molecule has 105 valence electrons. The van der Waals surface area contributed by atoms with Crippen LogP contribution in [0, 0.1) is 0 Å². The molecule has 0 fully saturated rings. The van der Waals surface area contributed by atoms with E-state index in [1.165, 1.54) is 0 Å². The van der Waals surface area contributed by atoms with Gasteiger partial charge in [0.2, 0.25) is 0 Å². The van der Waals surface area contributed by atoms with Crippen molar-refractivity contribution >= 4 is 31.2 Å². The second kappa shape index (κ2) is 17.7. The van der Waals surface area contributed by atoms with Gasteiger partial charge in [-0.2, -0.15) is 0 Å². The maximum absolute atomic E-state index is 8.52. The predicted molar refractivity (Wildman–Crippen MR) is 31.4 cm³/mol. The van der Waals surface area contributed by atoms with Crippen LogP contribution in [0.1, 0.15) is 0 Å². The molecule has 0 aromatic carbocycles. The average Bonchev–Trinajstić information content (AvgIpc) is 1.41. The SMILES string of the molecule is O=S(=O)([O-])[O-].O=S(=O)([O-])[O-].O=S(=O)([O-])[O-].[Cs+].[Cs+].[Ir]. The van der Waals surface area contributed by atoms with E-state index in [0.717, 1.165) is 0 Å². The summed E-state index contributed by atoms with van der Waals surface area (Å²) >= 11 is 0. The first-order valence-corrected chi connectivity index (χ1v) is 6.00. The fraction of sp³-hybridized carbons (Fsp3) is 0. The summed E-state index contributed by atoms with van der Waals surface area (Å²) in [6.07, 6.45) is 0. The monoisotopic (exact) mass is 747 g/mol. The third kappa shape index (κ3) is 401. The number of hydrogen-bond acceptors (Lipinski definition) is 12. The third-order valence-corrected chi connectivity index (χ3v) is 0. The van der Waals surface area contributed by atoms with Crippen molar-refractivity contribution in [3.8, 4) is 0 Å². The quantitative estimate of drug-likeness (QED) is 0.166. The molecule has 18 heteroatoms. The van der Waals surface area contributed by atoms with Crippen molar-refractivity contribution in [3.05, 3.63) is 0 Å². The Morgan fingerprint density at radius 3 is 0.444 bits per heavy atom. The zero-order valence-electron chi connectivity index (χ0n) is 8.46. The Morgan fingerprint density at radius 1 is 0.444 bits per heavy atom. The molecular weight excluding hydrogens is 746 g/mol. The van der Waals surface area contributed by atoms with Crippen LogP contribution in [0.15, 0.2) is 0 Å². The van der Waals surface area contributed by atoms with Crippen molar-refractivity contribution in [2.75, 3.05) is 0 Å². The van der Waals surface area contributed by atoms with Crippen LogP contribution < -0.4 is 138 Å². The Morgan fingerprint density at radius 2 is 0.444 bits per heavy atom. The minimum absolute atomic E-state index is 0. The standard InChI is InChI=1S/2Cs.Ir.3H2O4S/c;;;3*1-5(2,3)4/h;;;3*(H2,1,2,3,4)/q2*+1;;;;/p-6. The zero-order chi connectivity index (χ0) is 13.5. The molecule has 0 spiro atoms. The van der Waals surface area contributed by atoms with Gasteiger partial charge in [-0.15, -0.1) is 0 Å². The van der Waals surface area contributed by atoms with Gasteiger partial charge >= 0.3 is 138 Å². The minimum Gasteiger partial charge on any atom is -0.759 e. The Bertz CT molecular complexity index is 346. The van der Waals surface area contributed by atoms with Gasteiger partial charge in [0.1, 0.15) is 0 Å². The summed E-state index contributed by atoms with van der Waals surface area (Å²) < 4.78 is 102. The molecule has 18 heavy (non-hydrogen) atoms. The number of hydrogen-bond donors (Lipinski definition) is 0. The van der Waals surface area contributed by atoms with Gasteiger partial charge in [-0.1, -0.05) is 0 Å². The van der Waals surface area contributed by atoms with Crippen LogP contribution in [0.25, 0.3) is 0 Å². The van der Waals surface area contributed by atoms with Gasteiger partial charge in [0.05, 0.1) is 0 Å². The van der Waals surface area contributed by atoms with Crippen molar-refractivity contribution in [1.29, 1.82) is 0 Å². The first kappa shape index (κ1) is 38.1. The van der Waals surface area contributed by atoms with Crippen LogP contribution >= 0.6 is 0 Å². The molecule has 0 saturated carbocycles. The summed E-state index contributed by atoms with van der Waals surface area (Å²) in [7, 11) is -15.5. The Kier molecular flexibility index (Phi) is 37.5. The first-order valence-electron chi connectivity index (χ1n) is 2.00. The van der Waals surface area contributed by atoms with Crippen molar-refractivity contribution in [2.45, 2.75) is 0 Å². The van der Waals surface area contributed by atoms with Gasteiger partial charge < -0.3 is 27.3 Å². The molecule has 0 unspecified atom stereocenters. The molecule has 0 rings (SSSR count). The number of rotatable bonds is 0. The van der Waals surface area contributed by atoms with E-state index in [9.17, 15) is 0 Å². The van der Waals surface area contributed by atoms with Crippen molar-refractivity contribution < 1.29 is 210 Å². The maximum Gasteiger partial charge on any atom is 1.00 e. The molecule has 0 aliphatic rings. The van der Waals surface area contributed by atoms with Crippen LogP contribution in [0.4, 0.5) is 0 Å². The summed E-state index contributed by atoms with van der Waals surface area (Å²) in [5, 5.41) is 0. The van der Waals surface area contributed by atoms with E-state index in [-0.39, 0.29) is 158 Å². The van der Waals surface area contributed by atoms with E-state index < -0.39 is 31.2 Å². The van der Waals surface area contributed by atoms with Gasteiger partial charge in [-0.25, -0.2) is 0 Å². The van der Waals surface area contributed by atoms with Crippen LogP contribution in [0.5, 0.6) is 0 Å². The third-order valence-electron chi connectivity index (χ3n) is 0. The molecule has 0 saturated heterocycles. The predicted octanol–water partition coefficient (Wildman–Crippen LogP) is -10.0. The van der Waals surface area contributed by atoms with Crippen LogP contribution in [0.3, 0.4) is 0 Å².